The van der Waals surface area contributed by atoms with E-state index < -0.39 is 0 Å². The molecule has 0 aliphatic carbocycles. The van der Waals surface area contributed by atoms with Crippen LogP contribution in [-0.4, -0.2) is 22.0 Å². The second-order valence-electron chi connectivity index (χ2n) is 2.29. The van der Waals surface area contributed by atoms with Gasteiger partial charge in [0.05, 0.1) is 0 Å². The predicted molar refractivity (Wildman–Crippen MR) is 48.2 cm³/mol. The zero-order valence-corrected chi connectivity index (χ0v) is 7.84. The highest BCUT2D eigenvalue weighted by Gasteiger charge is 2.13. The van der Waals surface area contributed by atoms with Gasteiger partial charge in [-0.05, 0) is 12.7 Å². The Bertz CT molecular complexity index is 275. The van der Waals surface area contributed by atoms with Gasteiger partial charge in [0.25, 0.3) is 0 Å². The Kier molecular flexibility index (Phi) is 2.05. The maximum absolute atomic E-state index is 4.39. The first-order valence-electron chi connectivity index (χ1n) is 3.43. The molecule has 0 unspecified atom stereocenters. The van der Waals surface area contributed by atoms with E-state index in [1.54, 1.807) is 11.8 Å². The van der Waals surface area contributed by atoms with Crippen LogP contribution in [0.25, 0.3) is 0 Å². The molecule has 0 amide bonds. The minimum atomic E-state index is 0.887. The lowest BCUT2D eigenvalue weighted by Gasteiger charge is -1.97. The maximum Gasteiger partial charge on any atom is 0.188 e. The summed E-state index contributed by atoms with van der Waals surface area (Å²) in [4.78, 5) is 8.59. The van der Waals surface area contributed by atoms with Crippen LogP contribution in [-0.2, 0) is 6.42 Å². The molecule has 0 spiro atoms. The SMILES string of the molecule is CSc1ncc2c(n1)SCC2. The summed E-state index contributed by atoms with van der Waals surface area (Å²) in [6.07, 6.45) is 5.09. The van der Waals surface area contributed by atoms with Crippen LogP contribution >= 0.6 is 23.5 Å². The van der Waals surface area contributed by atoms with Gasteiger partial charge in [-0.25, -0.2) is 9.97 Å². The van der Waals surface area contributed by atoms with Gasteiger partial charge in [0, 0.05) is 17.5 Å². The van der Waals surface area contributed by atoms with Crippen molar-refractivity contribution in [3.05, 3.63) is 11.8 Å². The van der Waals surface area contributed by atoms with Crippen molar-refractivity contribution in [2.24, 2.45) is 0 Å². The van der Waals surface area contributed by atoms with Crippen LogP contribution in [0.1, 0.15) is 5.56 Å². The summed E-state index contributed by atoms with van der Waals surface area (Å²) in [7, 11) is 0. The van der Waals surface area contributed by atoms with E-state index in [1.165, 1.54) is 16.3 Å². The Labute approximate surface area is 74.2 Å². The van der Waals surface area contributed by atoms with Crippen LogP contribution in [0.4, 0.5) is 0 Å². The van der Waals surface area contributed by atoms with E-state index in [1.807, 2.05) is 24.2 Å². The molecule has 4 heteroatoms. The van der Waals surface area contributed by atoms with Gasteiger partial charge in [0.15, 0.2) is 5.16 Å². The molecule has 0 saturated heterocycles. The van der Waals surface area contributed by atoms with Gasteiger partial charge in [-0.3, -0.25) is 0 Å². The molecule has 0 bridgehead atoms. The van der Waals surface area contributed by atoms with Crippen LogP contribution in [0.3, 0.4) is 0 Å². The van der Waals surface area contributed by atoms with E-state index in [9.17, 15) is 0 Å². The molecule has 0 atom stereocenters. The van der Waals surface area contributed by atoms with Gasteiger partial charge in [-0.15, -0.1) is 11.8 Å². The van der Waals surface area contributed by atoms with Gasteiger partial charge >= 0.3 is 0 Å². The van der Waals surface area contributed by atoms with E-state index in [-0.39, 0.29) is 0 Å². The first-order valence-corrected chi connectivity index (χ1v) is 5.64. The van der Waals surface area contributed by atoms with E-state index in [0.717, 1.165) is 11.6 Å². The van der Waals surface area contributed by atoms with Crippen LogP contribution in [0, 0.1) is 0 Å². The van der Waals surface area contributed by atoms with Crippen LogP contribution in [0.2, 0.25) is 0 Å². The molecule has 2 rings (SSSR count). The topological polar surface area (TPSA) is 25.8 Å². The molecule has 1 aliphatic rings. The molecule has 2 heterocycles. The van der Waals surface area contributed by atoms with Gasteiger partial charge in [0.1, 0.15) is 5.03 Å². The lowest BCUT2D eigenvalue weighted by Crippen LogP contribution is -1.89. The molecule has 2 nitrogen and oxygen atoms in total. The number of hydrogen-bond donors (Lipinski definition) is 0. The van der Waals surface area contributed by atoms with Gasteiger partial charge in [-0.2, -0.15) is 0 Å². The number of aryl methyl sites for hydroxylation is 1. The fraction of sp³-hybridized carbons (Fsp3) is 0.429. The maximum atomic E-state index is 4.39. The van der Waals surface area contributed by atoms with Crippen molar-refractivity contribution in [2.45, 2.75) is 16.6 Å². The Hall–Kier alpha value is -0.220. The Morgan fingerprint density at radius 3 is 3.36 bits per heavy atom. The van der Waals surface area contributed by atoms with Gasteiger partial charge in [0.2, 0.25) is 0 Å². The second-order valence-corrected chi connectivity index (χ2v) is 4.14. The molecule has 1 aromatic heterocycles. The molecule has 0 N–H and O–H groups in total. The number of thioether (sulfide) groups is 2. The van der Waals surface area contributed by atoms with Crippen molar-refractivity contribution in [3.8, 4) is 0 Å². The lowest BCUT2D eigenvalue weighted by atomic mass is 10.3. The van der Waals surface area contributed by atoms with E-state index in [4.69, 9.17) is 0 Å². The molecule has 1 aromatic rings. The fourth-order valence-corrected chi connectivity index (χ4v) is 2.43. The molecule has 0 aromatic carbocycles. The average molecular weight is 184 g/mol. The van der Waals surface area contributed by atoms with Crippen molar-refractivity contribution in [1.82, 2.24) is 9.97 Å². The second kappa shape index (κ2) is 3.03. The first-order chi connectivity index (χ1) is 5.40. The molecule has 1 aliphatic heterocycles. The smallest absolute Gasteiger partial charge is 0.188 e. The summed E-state index contributed by atoms with van der Waals surface area (Å²) in [6, 6.07) is 0. The normalized spacial score (nSPS) is 15.0. The van der Waals surface area contributed by atoms with Crippen LogP contribution in [0.5, 0.6) is 0 Å². The summed E-state index contributed by atoms with van der Waals surface area (Å²) >= 11 is 3.43. The monoisotopic (exact) mass is 184 g/mol. The number of hydrogen-bond acceptors (Lipinski definition) is 4. The summed E-state index contributed by atoms with van der Waals surface area (Å²) in [6.45, 7) is 0. The van der Waals surface area contributed by atoms with Crippen molar-refractivity contribution in [2.75, 3.05) is 12.0 Å². The minimum absolute atomic E-state index is 0.887. The van der Waals surface area contributed by atoms with Crippen molar-refractivity contribution < 1.29 is 0 Å². The fourth-order valence-electron chi connectivity index (χ4n) is 1.03. The molecular weight excluding hydrogens is 176 g/mol. The van der Waals surface area contributed by atoms with Crippen molar-refractivity contribution in [3.63, 3.8) is 0 Å². The molecule has 0 fully saturated rings. The summed E-state index contributed by atoms with van der Waals surface area (Å²) in [5.41, 5.74) is 1.31. The number of rotatable bonds is 1. The Morgan fingerprint density at radius 2 is 2.55 bits per heavy atom. The highest BCUT2D eigenvalue weighted by Crippen LogP contribution is 2.29. The van der Waals surface area contributed by atoms with Crippen LogP contribution < -0.4 is 0 Å². The zero-order chi connectivity index (χ0) is 7.68. The largest absolute Gasteiger partial charge is 0.231 e. The zero-order valence-electron chi connectivity index (χ0n) is 6.20. The standard InChI is InChI=1S/C7H8N2S2/c1-10-7-8-4-5-2-3-11-6(5)9-7/h4H,2-3H2,1H3. The third kappa shape index (κ3) is 1.37. The summed E-state index contributed by atoms with van der Waals surface area (Å²) < 4.78 is 0. The minimum Gasteiger partial charge on any atom is -0.231 e. The Morgan fingerprint density at radius 1 is 1.64 bits per heavy atom. The van der Waals surface area contributed by atoms with E-state index in [2.05, 4.69) is 9.97 Å². The summed E-state index contributed by atoms with van der Waals surface area (Å²) in [5.74, 6) is 1.17. The number of aromatic nitrogens is 2. The third-order valence-corrected chi connectivity index (χ3v) is 3.19. The average Bonchev–Trinajstić information content (AvgIpc) is 2.50. The highest BCUT2D eigenvalue weighted by atomic mass is 32.2. The number of fused-ring (bicyclic) bond motifs is 1. The van der Waals surface area contributed by atoms with Crippen molar-refractivity contribution >= 4 is 23.5 Å². The van der Waals surface area contributed by atoms with Crippen molar-refractivity contribution in [1.29, 1.82) is 0 Å². The molecule has 0 radical (unpaired) electrons. The third-order valence-electron chi connectivity index (χ3n) is 1.60. The van der Waals surface area contributed by atoms with Crippen LogP contribution in [0.15, 0.2) is 16.4 Å². The predicted octanol–water partition coefficient (Wildman–Crippen LogP) is 1.85. The van der Waals surface area contributed by atoms with E-state index in [0.29, 0.717) is 0 Å². The molecule has 58 valence electrons. The van der Waals surface area contributed by atoms with Gasteiger partial charge in [-0.1, -0.05) is 11.8 Å². The highest BCUT2D eigenvalue weighted by molar-refractivity contribution is 7.99. The molecular formula is C7H8N2S2. The quantitative estimate of drug-likeness (QED) is 0.378. The van der Waals surface area contributed by atoms with E-state index >= 15 is 0 Å². The lowest BCUT2D eigenvalue weighted by molar-refractivity contribution is 0.864. The molecule has 0 saturated carbocycles. The summed E-state index contributed by atoms with van der Waals surface area (Å²) in [5, 5.41) is 2.07. The van der Waals surface area contributed by atoms with Gasteiger partial charge < -0.3 is 0 Å². The molecule has 11 heavy (non-hydrogen) atoms. The first kappa shape index (κ1) is 7.43. The number of nitrogens with zero attached hydrogens (tertiary/aromatic N) is 2. The Balaban J connectivity index is 2.41.